The lowest BCUT2D eigenvalue weighted by atomic mass is 10.2. The summed E-state index contributed by atoms with van der Waals surface area (Å²) >= 11 is 4.95. The Balaban J connectivity index is 2.12. The molecule has 1 aromatic rings. The van der Waals surface area contributed by atoms with Crippen molar-refractivity contribution in [3.05, 3.63) is 21.0 Å². The number of thioether (sulfide) groups is 1. The molecule has 2 rings (SSSR count). The van der Waals surface area contributed by atoms with Gasteiger partial charge in [0.2, 0.25) is 0 Å². The molecule has 0 spiro atoms. The number of hydrogen-bond donors (Lipinski definition) is 2. The molecule has 1 aliphatic carbocycles. The van der Waals surface area contributed by atoms with Crippen LogP contribution in [0.25, 0.3) is 0 Å². The molecule has 1 aliphatic rings. The fourth-order valence-corrected chi connectivity index (χ4v) is 3.06. The number of rotatable bonds is 7. The van der Waals surface area contributed by atoms with Crippen molar-refractivity contribution in [2.24, 2.45) is 5.92 Å². The summed E-state index contributed by atoms with van der Waals surface area (Å²) in [7, 11) is 0. The summed E-state index contributed by atoms with van der Waals surface area (Å²) in [5.74, 6) is 0.611. The third-order valence-corrected chi connectivity index (χ3v) is 5.47. The molecule has 1 aromatic heterocycles. The summed E-state index contributed by atoms with van der Waals surface area (Å²) in [6.45, 7) is 2.79. The molecule has 20 heavy (non-hydrogen) atoms. The Labute approximate surface area is 131 Å². The summed E-state index contributed by atoms with van der Waals surface area (Å²) in [4.78, 5) is 12.2. The number of halogens is 1. The quantitative estimate of drug-likeness (QED) is 0.776. The lowest BCUT2D eigenvalue weighted by molar-refractivity contribution is 0.288. The van der Waals surface area contributed by atoms with E-state index in [1.807, 2.05) is 13.2 Å². The van der Waals surface area contributed by atoms with Crippen LogP contribution in [0.15, 0.2) is 15.5 Å². The first kappa shape index (κ1) is 15.9. The summed E-state index contributed by atoms with van der Waals surface area (Å²) in [6, 6.07) is 0.0479. The van der Waals surface area contributed by atoms with E-state index >= 15 is 0 Å². The molecular weight excluding hydrogens is 342 g/mol. The van der Waals surface area contributed by atoms with Crippen molar-refractivity contribution >= 4 is 33.4 Å². The molecule has 1 saturated carbocycles. The Hall–Kier alpha value is -0.530. The first-order valence-corrected chi connectivity index (χ1v) is 8.80. The van der Waals surface area contributed by atoms with Crippen LogP contribution in [-0.4, -0.2) is 39.0 Å². The highest BCUT2D eigenvalue weighted by Crippen LogP contribution is 2.30. The van der Waals surface area contributed by atoms with Crippen LogP contribution in [0.3, 0.4) is 0 Å². The van der Waals surface area contributed by atoms with Crippen molar-refractivity contribution in [2.45, 2.75) is 37.6 Å². The van der Waals surface area contributed by atoms with E-state index in [2.05, 4.69) is 26.3 Å². The second-order valence-corrected chi connectivity index (χ2v) is 7.06. The maximum Gasteiger partial charge on any atom is 0.283 e. The van der Waals surface area contributed by atoms with Gasteiger partial charge in [0.05, 0.1) is 18.5 Å². The molecule has 2 atom stereocenters. The third-order valence-electron chi connectivity index (χ3n) is 3.54. The molecule has 112 valence electrons. The van der Waals surface area contributed by atoms with Gasteiger partial charge in [-0.15, -0.1) is 0 Å². The van der Waals surface area contributed by atoms with E-state index in [-0.39, 0.29) is 23.5 Å². The van der Waals surface area contributed by atoms with Crippen LogP contribution < -0.4 is 10.9 Å². The Bertz CT molecular complexity index is 515. The van der Waals surface area contributed by atoms with Gasteiger partial charge in [0.1, 0.15) is 4.47 Å². The van der Waals surface area contributed by atoms with E-state index in [4.69, 9.17) is 0 Å². The zero-order valence-corrected chi connectivity index (χ0v) is 14.1. The molecule has 1 fully saturated rings. The monoisotopic (exact) mass is 361 g/mol. The zero-order chi connectivity index (χ0) is 14.7. The van der Waals surface area contributed by atoms with Crippen LogP contribution in [0.1, 0.15) is 19.8 Å². The van der Waals surface area contributed by atoms with E-state index in [0.29, 0.717) is 22.6 Å². The lowest BCUT2D eigenvalue weighted by Gasteiger charge is -2.22. The number of hydrogen-bond acceptors (Lipinski definition) is 5. The van der Waals surface area contributed by atoms with E-state index in [0.717, 1.165) is 0 Å². The highest BCUT2D eigenvalue weighted by atomic mass is 79.9. The molecule has 2 N–H and O–H groups in total. The minimum Gasteiger partial charge on any atom is -0.395 e. The smallest absolute Gasteiger partial charge is 0.283 e. The molecule has 0 aliphatic heterocycles. The summed E-state index contributed by atoms with van der Waals surface area (Å²) < 4.78 is 2.04. The number of aliphatic hydroxyl groups excluding tert-OH is 1. The van der Waals surface area contributed by atoms with Gasteiger partial charge in [-0.2, -0.15) is 16.9 Å². The van der Waals surface area contributed by atoms with Crippen LogP contribution in [0.5, 0.6) is 0 Å². The predicted molar refractivity (Wildman–Crippen MR) is 86.4 cm³/mol. The van der Waals surface area contributed by atoms with Crippen LogP contribution >= 0.6 is 27.7 Å². The molecule has 0 amide bonds. The summed E-state index contributed by atoms with van der Waals surface area (Å²) in [6.07, 6.45) is 6.02. The number of nitrogens with one attached hydrogen (secondary N) is 1. The Morgan fingerprint density at radius 1 is 1.65 bits per heavy atom. The number of nitrogens with zero attached hydrogens (tertiary/aromatic N) is 2. The van der Waals surface area contributed by atoms with Crippen LogP contribution in [0.4, 0.5) is 5.69 Å². The van der Waals surface area contributed by atoms with Gasteiger partial charge >= 0.3 is 0 Å². The van der Waals surface area contributed by atoms with Crippen molar-refractivity contribution in [1.29, 1.82) is 0 Å². The van der Waals surface area contributed by atoms with Gasteiger partial charge in [-0.3, -0.25) is 4.79 Å². The van der Waals surface area contributed by atoms with Gasteiger partial charge in [-0.1, -0.05) is 0 Å². The number of anilines is 1. The SMILES string of the molecule is CSC(CO)C(C)Nc1cnn(CC2CC2)c(=O)c1Br. The first-order valence-electron chi connectivity index (χ1n) is 6.72. The van der Waals surface area contributed by atoms with Gasteiger partial charge < -0.3 is 10.4 Å². The average molecular weight is 362 g/mol. The third kappa shape index (κ3) is 3.77. The van der Waals surface area contributed by atoms with E-state index in [9.17, 15) is 9.90 Å². The highest BCUT2D eigenvalue weighted by molar-refractivity contribution is 9.10. The van der Waals surface area contributed by atoms with Crippen LogP contribution in [0.2, 0.25) is 0 Å². The maximum atomic E-state index is 12.2. The molecule has 0 saturated heterocycles. The van der Waals surface area contributed by atoms with Crippen molar-refractivity contribution in [2.75, 3.05) is 18.2 Å². The second-order valence-electron chi connectivity index (χ2n) is 5.19. The van der Waals surface area contributed by atoms with Crippen molar-refractivity contribution in [3.8, 4) is 0 Å². The Morgan fingerprint density at radius 2 is 2.35 bits per heavy atom. The molecular formula is C13H20BrN3O2S. The molecule has 0 bridgehead atoms. The zero-order valence-electron chi connectivity index (χ0n) is 11.7. The largest absolute Gasteiger partial charge is 0.395 e. The Kier molecular flexibility index (Phi) is 5.51. The fraction of sp³-hybridized carbons (Fsp3) is 0.692. The number of aromatic nitrogens is 2. The standard InChI is InChI=1S/C13H20BrN3O2S/c1-8(11(7-18)20-2)16-10-5-15-17(6-9-3-4-9)13(19)12(10)14/h5,8-9,11,16,18H,3-4,6-7H2,1-2H3. The van der Waals surface area contributed by atoms with E-state index < -0.39 is 0 Å². The maximum absolute atomic E-state index is 12.2. The predicted octanol–water partition coefficient (Wildman–Crippen LogP) is 1.94. The molecule has 7 heteroatoms. The molecule has 5 nitrogen and oxygen atoms in total. The van der Waals surface area contributed by atoms with E-state index in [1.54, 1.807) is 18.0 Å². The van der Waals surface area contributed by atoms with Crippen molar-refractivity contribution in [1.82, 2.24) is 9.78 Å². The molecule has 1 heterocycles. The summed E-state index contributed by atoms with van der Waals surface area (Å²) in [5, 5.41) is 16.8. The van der Waals surface area contributed by atoms with Gasteiger partial charge in [-0.05, 0) is 47.9 Å². The Morgan fingerprint density at radius 3 is 2.90 bits per heavy atom. The van der Waals surface area contributed by atoms with Gasteiger partial charge in [0, 0.05) is 17.8 Å². The van der Waals surface area contributed by atoms with Crippen LogP contribution in [-0.2, 0) is 6.54 Å². The minimum atomic E-state index is -0.0983. The minimum absolute atomic E-state index is 0.0479. The van der Waals surface area contributed by atoms with E-state index in [1.165, 1.54) is 17.5 Å². The van der Waals surface area contributed by atoms with Gasteiger partial charge in [-0.25, -0.2) is 4.68 Å². The second kappa shape index (κ2) is 6.95. The van der Waals surface area contributed by atoms with Gasteiger partial charge in [0.15, 0.2) is 0 Å². The molecule has 0 radical (unpaired) electrons. The normalized spacial score (nSPS) is 17.8. The highest BCUT2D eigenvalue weighted by Gasteiger charge is 2.24. The van der Waals surface area contributed by atoms with Crippen molar-refractivity contribution < 1.29 is 5.11 Å². The first-order chi connectivity index (χ1) is 9.56. The molecule has 0 aromatic carbocycles. The summed E-state index contributed by atoms with van der Waals surface area (Å²) in [5.41, 5.74) is 0.584. The van der Waals surface area contributed by atoms with Gasteiger partial charge in [0.25, 0.3) is 5.56 Å². The lowest BCUT2D eigenvalue weighted by Crippen LogP contribution is -2.33. The topological polar surface area (TPSA) is 67.2 Å². The fourth-order valence-electron chi connectivity index (χ4n) is 2.02. The average Bonchev–Trinajstić information content (AvgIpc) is 3.24. The van der Waals surface area contributed by atoms with Crippen molar-refractivity contribution in [3.63, 3.8) is 0 Å². The molecule has 2 unspecified atom stereocenters. The number of aliphatic hydroxyl groups is 1. The van der Waals surface area contributed by atoms with Crippen LogP contribution in [0, 0.1) is 5.92 Å².